The lowest BCUT2D eigenvalue weighted by Crippen LogP contribution is -2.29. The van der Waals surface area contributed by atoms with Gasteiger partial charge in [-0.2, -0.15) is 0 Å². The van der Waals surface area contributed by atoms with Crippen molar-refractivity contribution in [3.05, 3.63) is 0 Å². The molecule has 1 N–H and O–H groups in total. The molecule has 0 bridgehead atoms. The van der Waals surface area contributed by atoms with Crippen LogP contribution in [0.3, 0.4) is 0 Å². The number of rotatable bonds is 3. The van der Waals surface area contributed by atoms with Crippen molar-refractivity contribution in [2.75, 3.05) is 6.61 Å². The maximum Gasteiger partial charge on any atom is 0.104 e. The Morgan fingerprint density at radius 3 is 2.73 bits per heavy atom. The minimum Gasteiger partial charge on any atom is -0.550 e. The van der Waals surface area contributed by atoms with E-state index in [-0.39, 0.29) is 6.61 Å². The normalized spacial score (nSPS) is 11.5. The minimum atomic E-state index is -1.05. The number of hydrogen-bond donors (Lipinski definition) is 1. The van der Waals surface area contributed by atoms with Crippen molar-refractivity contribution in [1.82, 2.24) is 0 Å². The van der Waals surface area contributed by atoms with Gasteiger partial charge in [0.15, 0.2) is 0 Å². The van der Waals surface area contributed by atoms with E-state index in [9.17, 15) is 9.90 Å². The SMILES string of the molecule is CC(CCC#CCO)C(=O)[O-]. The van der Waals surface area contributed by atoms with Crippen LogP contribution in [0.1, 0.15) is 19.8 Å². The van der Waals surface area contributed by atoms with Crippen molar-refractivity contribution in [1.29, 1.82) is 0 Å². The van der Waals surface area contributed by atoms with Crippen molar-refractivity contribution in [2.45, 2.75) is 19.8 Å². The molecule has 1 unspecified atom stereocenters. The lowest BCUT2D eigenvalue weighted by molar-refractivity contribution is -0.311. The zero-order chi connectivity index (χ0) is 8.69. The van der Waals surface area contributed by atoms with Crippen LogP contribution in [0.15, 0.2) is 0 Å². The van der Waals surface area contributed by atoms with Gasteiger partial charge in [-0.25, -0.2) is 0 Å². The van der Waals surface area contributed by atoms with Crippen molar-refractivity contribution < 1.29 is 15.0 Å². The van der Waals surface area contributed by atoms with Gasteiger partial charge in [0.05, 0.1) is 0 Å². The van der Waals surface area contributed by atoms with Crippen LogP contribution in [-0.2, 0) is 4.79 Å². The molecule has 0 saturated heterocycles. The monoisotopic (exact) mass is 155 g/mol. The summed E-state index contributed by atoms with van der Waals surface area (Å²) in [5.74, 6) is 3.56. The number of carbonyl (C=O) groups is 1. The summed E-state index contributed by atoms with van der Waals surface area (Å²) in [6, 6.07) is 0. The highest BCUT2D eigenvalue weighted by molar-refractivity contribution is 5.66. The molecule has 3 nitrogen and oxygen atoms in total. The molecule has 0 saturated carbocycles. The Balaban J connectivity index is 3.46. The van der Waals surface area contributed by atoms with Crippen LogP contribution in [0, 0.1) is 17.8 Å². The van der Waals surface area contributed by atoms with Crippen molar-refractivity contribution in [3.8, 4) is 11.8 Å². The van der Waals surface area contributed by atoms with Crippen LogP contribution >= 0.6 is 0 Å². The summed E-state index contributed by atoms with van der Waals surface area (Å²) in [5, 5.41) is 18.4. The third-order valence-electron chi connectivity index (χ3n) is 1.31. The zero-order valence-corrected chi connectivity index (χ0v) is 6.46. The molecular weight excluding hydrogens is 144 g/mol. The van der Waals surface area contributed by atoms with Gasteiger partial charge in [-0.3, -0.25) is 0 Å². The number of aliphatic carboxylic acids is 1. The first-order valence-electron chi connectivity index (χ1n) is 3.46. The molecule has 0 fully saturated rings. The van der Waals surface area contributed by atoms with Crippen LogP contribution in [0.2, 0.25) is 0 Å². The average molecular weight is 155 g/mol. The molecule has 0 amide bonds. The van der Waals surface area contributed by atoms with Gasteiger partial charge < -0.3 is 15.0 Å². The number of carboxylic acids is 1. The van der Waals surface area contributed by atoms with Crippen molar-refractivity contribution >= 4 is 5.97 Å². The van der Waals surface area contributed by atoms with Crippen LogP contribution in [0.4, 0.5) is 0 Å². The van der Waals surface area contributed by atoms with Crippen LogP contribution < -0.4 is 5.11 Å². The molecule has 0 aliphatic rings. The third kappa shape index (κ3) is 5.43. The van der Waals surface area contributed by atoms with E-state index < -0.39 is 11.9 Å². The highest BCUT2D eigenvalue weighted by Gasteiger charge is 1.99. The molecule has 0 spiro atoms. The average Bonchev–Trinajstić information content (AvgIpc) is 1.97. The predicted octanol–water partition coefficient (Wildman–Crippen LogP) is -0.852. The highest BCUT2D eigenvalue weighted by atomic mass is 16.4. The van der Waals surface area contributed by atoms with Gasteiger partial charge in [0.1, 0.15) is 6.61 Å². The molecular formula is C8H11O3-. The largest absolute Gasteiger partial charge is 0.550 e. The van der Waals surface area contributed by atoms with Crippen molar-refractivity contribution in [3.63, 3.8) is 0 Å². The number of hydrogen-bond acceptors (Lipinski definition) is 3. The van der Waals surface area contributed by atoms with Gasteiger partial charge in [-0.05, 0) is 12.3 Å². The number of aliphatic hydroxyl groups is 1. The predicted molar refractivity (Wildman–Crippen MR) is 38.3 cm³/mol. The van der Waals surface area contributed by atoms with Gasteiger partial charge in [-0.1, -0.05) is 12.8 Å². The topological polar surface area (TPSA) is 60.4 Å². The Morgan fingerprint density at radius 2 is 2.27 bits per heavy atom. The van der Waals surface area contributed by atoms with Gasteiger partial charge in [0.25, 0.3) is 0 Å². The van der Waals surface area contributed by atoms with E-state index in [0.29, 0.717) is 12.8 Å². The summed E-state index contributed by atoms with van der Waals surface area (Å²) in [5.41, 5.74) is 0. The summed E-state index contributed by atoms with van der Waals surface area (Å²) in [7, 11) is 0. The number of aliphatic hydroxyl groups excluding tert-OH is 1. The Hall–Kier alpha value is -1.01. The molecule has 1 atom stereocenters. The standard InChI is InChI=1S/C8H12O3/c1-7(8(10)11)5-3-2-4-6-9/h7,9H,3,5-6H2,1H3,(H,10,11)/p-1. The molecule has 3 heteroatoms. The fourth-order valence-corrected chi connectivity index (χ4v) is 0.551. The van der Waals surface area contributed by atoms with Gasteiger partial charge >= 0.3 is 0 Å². The summed E-state index contributed by atoms with van der Waals surface area (Å²) in [6.07, 6.45) is 0.977. The quantitative estimate of drug-likeness (QED) is 0.540. The fraction of sp³-hybridized carbons (Fsp3) is 0.625. The van der Waals surface area contributed by atoms with E-state index in [1.165, 1.54) is 0 Å². The second-order valence-corrected chi connectivity index (χ2v) is 2.27. The van der Waals surface area contributed by atoms with Gasteiger partial charge in [0, 0.05) is 12.4 Å². The first-order chi connectivity index (χ1) is 5.18. The van der Waals surface area contributed by atoms with Crippen LogP contribution in [0.25, 0.3) is 0 Å². The second kappa shape index (κ2) is 5.75. The van der Waals surface area contributed by atoms with E-state index >= 15 is 0 Å². The minimum absolute atomic E-state index is 0.167. The summed E-state index contributed by atoms with van der Waals surface area (Å²) in [6.45, 7) is 1.41. The molecule has 0 aliphatic heterocycles. The molecule has 0 aromatic rings. The third-order valence-corrected chi connectivity index (χ3v) is 1.31. The van der Waals surface area contributed by atoms with E-state index in [1.54, 1.807) is 6.92 Å². The maximum absolute atomic E-state index is 10.2. The molecule has 11 heavy (non-hydrogen) atoms. The molecule has 0 rings (SSSR count). The first kappa shape index (κ1) is 9.99. The maximum atomic E-state index is 10.2. The first-order valence-corrected chi connectivity index (χ1v) is 3.46. The van der Waals surface area contributed by atoms with Crippen molar-refractivity contribution in [2.24, 2.45) is 5.92 Å². The van der Waals surface area contributed by atoms with E-state index in [2.05, 4.69) is 11.8 Å². The summed E-state index contributed by atoms with van der Waals surface area (Å²) >= 11 is 0. The summed E-state index contributed by atoms with van der Waals surface area (Å²) < 4.78 is 0. The fourth-order valence-electron chi connectivity index (χ4n) is 0.551. The molecule has 0 aromatic carbocycles. The molecule has 0 radical (unpaired) electrons. The van der Waals surface area contributed by atoms with E-state index in [1.807, 2.05) is 0 Å². The molecule has 0 aliphatic carbocycles. The number of carbonyl (C=O) groups excluding carboxylic acids is 1. The van der Waals surface area contributed by atoms with Gasteiger partial charge in [0.2, 0.25) is 0 Å². The highest BCUT2D eigenvalue weighted by Crippen LogP contribution is 2.02. The molecule has 62 valence electrons. The van der Waals surface area contributed by atoms with Crippen LogP contribution in [-0.4, -0.2) is 17.7 Å². The number of carboxylic acid groups (broad SMARTS) is 1. The molecule has 0 heterocycles. The Kier molecular flexibility index (Phi) is 5.22. The van der Waals surface area contributed by atoms with Gasteiger partial charge in [-0.15, -0.1) is 5.92 Å². The lowest BCUT2D eigenvalue weighted by atomic mass is 10.1. The van der Waals surface area contributed by atoms with E-state index in [0.717, 1.165) is 0 Å². The Morgan fingerprint density at radius 1 is 1.64 bits per heavy atom. The van der Waals surface area contributed by atoms with E-state index in [4.69, 9.17) is 5.11 Å². The second-order valence-electron chi connectivity index (χ2n) is 2.27. The lowest BCUT2D eigenvalue weighted by Gasteiger charge is -2.08. The Bertz CT molecular complexity index is 176. The Labute approximate surface area is 66.0 Å². The molecule has 0 aromatic heterocycles. The summed E-state index contributed by atoms with van der Waals surface area (Å²) in [4.78, 5) is 10.2. The van der Waals surface area contributed by atoms with Crippen LogP contribution in [0.5, 0.6) is 0 Å². The smallest absolute Gasteiger partial charge is 0.104 e. The zero-order valence-electron chi connectivity index (χ0n) is 6.46.